The van der Waals surface area contributed by atoms with Crippen LogP contribution in [0.2, 0.25) is 0 Å². The molecule has 0 amide bonds. The van der Waals surface area contributed by atoms with E-state index in [1.54, 1.807) is 23.4 Å². The highest BCUT2D eigenvalue weighted by Gasteiger charge is 2.23. The van der Waals surface area contributed by atoms with Crippen LogP contribution >= 0.6 is 0 Å². The molecule has 0 unspecified atom stereocenters. The number of anilines is 3. The summed E-state index contributed by atoms with van der Waals surface area (Å²) < 4.78 is 3.59. The smallest absolute Gasteiger partial charge is 0.177 e. The lowest BCUT2D eigenvalue weighted by molar-refractivity contribution is 0.794. The normalized spacial score (nSPS) is 13.4. The Bertz CT molecular complexity index is 1170. The highest BCUT2D eigenvalue weighted by atomic mass is 15.3. The van der Waals surface area contributed by atoms with Crippen molar-refractivity contribution in [2.75, 3.05) is 10.6 Å². The van der Waals surface area contributed by atoms with Gasteiger partial charge in [0.15, 0.2) is 5.65 Å². The Hall–Kier alpha value is -3.93. The van der Waals surface area contributed by atoms with Gasteiger partial charge in [-0.1, -0.05) is 12.1 Å². The van der Waals surface area contributed by atoms with Gasteiger partial charge in [0.1, 0.15) is 35.9 Å². The molecule has 0 aliphatic heterocycles. The van der Waals surface area contributed by atoms with Gasteiger partial charge in [0.05, 0.1) is 12.7 Å². The van der Waals surface area contributed by atoms with Crippen molar-refractivity contribution < 1.29 is 0 Å². The van der Waals surface area contributed by atoms with Gasteiger partial charge in [-0.25, -0.2) is 4.98 Å². The van der Waals surface area contributed by atoms with Crippen LogP contribution in [0.1, 0.15) is 24.0 Å². The Morgan fingerprint density at radius 1 is 1.18 bits per heavy atom. The maximum absolute atomic E-state index is 9.35. The van der Waals surface area contributed by atoms with Crippen LogP contribution in [-0.4, -0.2) is 35.4 Å². The minimum Gasteiger partial charge on any atom is -0.367 e. The largest absolute Gasteiger partial charge is 0.367 e. The quantitative estimate of drug-likeness (QED) is 0.536. The molecule has 28 heavy (non-hydrogen) atoms. The van der Waals surface area contributed by atoms with Crippen molar-refractivity contribution in [3.63, 3.8) is 0 Å². The second-order valence-corrected chi connectivity index (χ2v) is 6.81. The summed E-state index contributed by atoms with van der Waals surface area (Å²) >= 11 is 0. The van der Waals surface area contributed by atoms with Crippen molar-refractivity contribution in [2.45, 2.75) is 25.4 Å². The minimum atomic E-state index is 0.448. The molecule has 1 aliphatic rings. The van der Waals surface area contributed by atoms with Gasteiger partial charge in [-0.3, -0.25) is 0 Å². The highest BCUT2D eigenvalue weighted by Crippen LogP contribution is 2.28. The van der Waals surface area contributed by atoms with Crippen LogP contribution in [0, 0.1) is 11.3 Å². The van der Waals surface area contributed by atoms with Crippen molar-refractivity contribution in [2.24, 2.45) is 0 Å². The van der Waals surface area contributed by atoms with Gasteiger partial charge in [-0.15, -0.1) is 10.2 Å². The summed E-state index contributed by atoms with van der Waals surface area (Å²) in [5.41, 5.74) is 3.02. The number of hydrogen-bond donors (Lipinski definition) is 2. The molecule has 0 atom stereocenters. The summed E-state index contributed by atoms with van der Waals surface area (Å²) in [6.07, 6.45) is 7.21. The third-order valence-electron chi connectivity index (χ3n) is 4.55. The van der Waals surface area contributed by atoms with Gasteiger partial charge >= 0.3 is 0 Å². The van der Waals surface area contributed by atoms with Crippen molar-refractivity contribution >= 4 is 23.0 Å². The summed E-state index contributed by atoms with van der Waals surface area (Å²) in [6.45, 7) is 0.685. The molecule has 0 bridgehead atoms. The standard InChI is InChI=1S/C19H17N9/c20-8-14-9-23-28-18(25-15-4-5-15)7-17(26-19(14)28)24-16-3-1-2-13(6-16)10-27-11-21-22-12-27/h1-3,6-7,9,11-12,15,25H,4-5,10H2,(H,24,26). The van der Waals surface area contributed by atoms with E-state index in [4.69, 9.17) is 0 Å². The van der Waals surface area contributed by atoms with E-state index < -0.39 is 0 Å². The average molecular weight is 371 g/mol. The molecule has 1 saturated carbocycles. The van der Waals surface area contributed by atoms with Crippen molar-refractivity contribution in [3.05, 3.63) is 60.3 Å². The molecule has 3 aromatic heterocycles. The lowest BCUT2D eigenvalue weighted by atomic mass is 10.2. The number of hydrogen-bond acceptors (Lipinski definition) is 7. The summed E-state index contributed by atoms with van der Waals surface area (Å²) in [6, 6.07) is 12.6. The van der Waals surface area contributed by atoms with Crippen LogP contribution in [0.4, 0.5) is 17.3 Å². The summed E-state index contributed by atoms with van der Waals surface area (Å²) in [5, 5.41) is 28.1. The second-order valence-electron chi connectivity index (χ2n) is 6.81. The maximum Gasteiger partial charge on any atom is 0.177 e. The fraction of sp³-hybridized carbons (Fsp3) is 0.211. The lowest BCUT2D eigenvalue weighted by Gasteiger charge is -2.12. The SMILES string of the molecule is N#Cc1cnn2c(NC3CC3)cc(Nc3cccc(Cn4cnnc4)c3)nc12. The van der Waals surface area contributed by atoms with Crippen LogP contribution in [-0.2, 0) is 6.54 Å². The first kappa shape index (κ1) is 16.3. The molecular weight excluding hydrogens is 354 g/mol. The molecule has 4 aromatic rings. The van der Waals surface area contributed by atoms with Crippen molar-refractivity contribution in [1.82, 2.24) is 29.4 Å². The molecule has 5 rings (SSSR count). The Balaban J connectivity index is 1.46. The Kier molecular flexibility index (Phi) is 3.87. The molecule has 2 N–H and O–H groups in total. The molecule has 1 aromatic carbocycles. The molecule has 0 saturated heterocycles. The average Bonchev–Trinajstić information content (AvgIpc) is 3.19. The van der Waals surface area contributed by atoms with Crippen LogP contribution in [0.5, 0.6) is 0 Å². The zero-order valence-corrected chi connectivity index (χ0v) is 14.9. The molecule has 0 spiro atoms. The summed E-state index contributed by atoms with van der Waals surface area (Å²) in [4.78, 5) is 4.60. The van der Waals surface area contributed by atoms with E-state index >= 15 is 0 Å². The van der Waals surface area contributed by atoms with Gasteiger partial charge in [-0.05, 0) is 30.5 Å². The molecule has 9 heteroatoms. The minimum absolute atomic E-state index is 0.448. The monoisotopic (exact) mass is 371 g/mol. The van der Waals surface area contributed by atoms with E-state index in [0.29, 0.717) is 29.6 Å². The van der Waals surface area contributed by atoms with Crippen LogP contribution in [0.15, 0.2) is 49.2 Å². The van der Waals surface area contributed by atoms with E-state index in [-0.39, 0.29) is 0 Å². The van der Waals surface area contributed by atoms with E-state index in [0.717, 1.165) is 29.9 Å². The Morgan fingerprint density at radius 2 is 2.04 bits per heavy atom. The molecule has 1 aliphatic carbocycles. The van der Waals surface area contributed by atoms with E-state index in [9.17, 15) is 5.26 Å². The van der Waals surface area contributed by atoms with Gasteiger partial charge in [-0.2, -0.15) is 14.9 Å². The maximum atomic E-state index is 9.35. The van der Waals surface area contributed by atoms with Gasteiger partial charge in [0.25, 0.3) is 0 Å². The van der Waals surface area contributed by atoms with Crippen molar-refractivity contribution in [1.29, 1.82) is 5.26 Å². The molecule has 1 fully saturated rings. The van der Waals surface area contributed by atoms with Gasteiger partial charge < -0.3 is 15.2 Å². The lowest BCUT2D eigenvalue weighted by Crippen LogP contribution is -2.09. The van der Waals surface area contributed by atoms with Crippen LogP contribution < -0.4 is 10.6 Å². The first-order valence-electron chi connectivity index (χ1n) is 9.02. The van der Waals surface area contributed by atoms with E-state index in [1.165, 1.54) is 0 Å². The number of aromatic nitrogens is 6. The molecule has 0 radical (unpaired) electrons. The Morgan fingerprint density at radius 3 is 2.82 bits per heavy atom. The first-order valence-corrected chi connectivity index (χ1v) is 9.02. The molecule has 9 nitrogen and oxygen atoms in total. The van der Waals surface area contributed by atoms with Gasteiger partial charge in [0.2, 0.25) is 0 Å². The van der Waals surface area contributed by atoms with Crippen molar-refractivity contribution in [3.8, 4) is 6.07 Å². The van der Waals surface area contributed by atoms with Gasteiger partial charge in [0, 0.05) is 17.8 Å². The molecular formula is C19H17N9. The number of benzene rings is 1. The number of nitrogens with one attached hydrogen (secondary N) is 2. The molecule has 3 heterocycles. The topological polar surface area (TPSA) is 109 Å². The zero-order chi connectivity index (χ0) is 18.9. The van der Waals surface area contributed by atoms with Crippen LogP contribution in [0.25, 0.3) is 5.65 Å². The summed E-state index contributed by atoms with van der Waals surface area (Å²) in [5.74, 6) is 1.49. The number of nitriles is 1. The van der Waals surface area contributed by atoms with E-state index in [1.807, 2.05) is 28.8 Å². The predicted molar refractivity (Wildman–Crippen MR) is 103 cm³/mol. The predicted octanol–water partition coefficient (Wildman–Crippen LogP) is 2.56. The number of rotatable bonds is 6. The number of fused-ring (bicyclic) bond motifs is 1. The highest BCUT2D eigenvalue weighted by molar-refractivity contribution is 5.67. The number of nitrogens with zero attached hydrogens (tertiary/aromatic N) is 7. The van der Waals surface area contributed by atoms with E-state index in [2.05, 4.69) is 43.0 Å². The zero-order valence-electron chi connectivity index (χ0n) is 14.9. The summed E-state index contributed by atoms with van der Waals surface area (Å²) in [7, 11) is 0. The Labute approximate surface area is 160 Å². The first-order chi connectivity index (χ1) is 13.8. The second kappa shape index (κ2) is 6.66. The van der Waals surface area contributed by atoms with Crippen LogP contribution in [0.3, 0.4) is 0 Å². The molecule has 138 valence electrons. The third-order valence-corrected chi connectivity index (χ3v) is 4.55. The fourth-order valence-electron chi connectivity index (χ4n) is 3.06. The fourth-order valence-corrected chi connectivity index (χ4v) is 3.06. The third kappa shape index (κ3) is 3.23.